The van der Waals surface area contributed by atoms with Gasteiger partial charge in [0, 0.05) is 13.1 Å². The second-order valence-electron chi connectivity index (χ2n) is 5.67. The first-order valence-corrected chi connectivity index (χ1v) is 7.12. The molecular weight excluding hydrogens is 331 g/mol. The molecule has 132 valence electrons. The number of carbonyl (C=O) groups excluding carboxylic acids is 1. The summed E-state index contributed by atoms with van der Waals surface area (Å²) in [5.41, 5.74) is 4.55. The third kappa shape index (κ3) is 2.75. The van der Waals surface area contributed by atoms with E-state index in [1.165, 1.54) is 32.2 Å². The molecule has 2 aromatic rings. The quantitative estimate of drug-likeness (QED) is 0.906. The smallest absolute Gasteiger partial charge is 0.266 e. The van der Waals surface area contributed by atoms with Crippen LogP contribution in [0.4, 0.5) is 13.2 Å². The number of nitrogens with two attached hydrogens (primary N) is 1. The number of nitrogens with zero attached hydrogens (tertiary/aromatic N) is 2. The maximum absolute atomic E-state index is 13.7. The van der Waals surface area contributed by atoms with Crippen molar-refractivity contribution in [2.45, 2.75) is 19.9 Å². The van der Waals surface area contributed by atoms with Crippen molar-refractivity contribution in [3.8, 4) is 0 Å². The van der Waals surface area contributed by atoms with Gasteiger partial charge in [-0.3, -0.25) is 9.69 Å². The van der Waals surface area contributed by atoms with E-state index < -0.39 is 28.9 Å². The molecule has 1 unspecified atom stereocenters. The van der Waals surface area contributed by atoms with E-state index in [0.717, 1.165) is 17.0 Å². The molecule has 2 aromatic carbocycles. The number of guanidine groups is 1. The fraction of sp³-hybridized carbons (Fsp3) is 0.222. The molecule has 1 atom stereocenters. The SMILES string of the molecule is C.Cc1cc(C2(c3cc(F)cc(F)c3)N=C(N)N(C)C2=O)ccc1F. The molecule has 3 rings (SSSR count). The first-order valence-electron chi connectivity index (χ1n) is 7.12. The Morgan fingerprint density at radius 2 is 1.64 bits per heavy atom. The first-order chi connectivity index (χ1) is 11.3. The van der Waals surface area contributed by atoms with Gasteiger partial charge in [0.2, 0.25) is 0 Å². The molecule has 25 heavy (non-hydrogen) atoms. The van der Waals surface area contributed by atoms with Gasteiger partial charge in [0.1, 0.15) is 17.5 Å². The second-order valence-corrected chi connectivity index (χ2v) is 5.67. The minimum absolute atomic E-state index is 0. The van der Waals surface area contributed by atoms with E-state index in [1.54, 1.807) is 0 Å². The molecule has 1 heterocycles. The molecule has 0 radical (unpaired) electrons. The monoisotopic (exact) mass is 349 g/mol. The summed E-state index contributed by atoms with van der Waals surface area (Å²) in [5.74, 6) is -2.82. The summed E-state index contributed by atoms with van der Waals surface area (Å²) in [5, 5.41) is 0. The molecule has 0 aromatic heterocycles. The molecule has 4 nitrogen and oxygen atoms in total. The van der Waals surface area contributed by atoms with Gasteiger partial charge in [-0.15, -0.1) is 0 Å². The summed E-state index contributed by atoms with van der Waals surface area (Å²) in [4.78, 5) is 18.1. The van der Waals surface area contributed by atoms with E-state index in [4.69, 9.17) is 5.73 Å². The van der Waals surface area contributed by atoms with Crippen molar-refractivity contribution in [1.82, 2.24) is 4.90 Å². The van der Waals surface area contributed by atoms with Gasteiger partial charge in [0.15, 0.2) is 11.5 Å². The summed E-state index contributed by atoms with van der Waals surface area (Å²) in [7, 11) is 1.41. The lowest BCUT2D eigenvalue weighted by molar-refractivity contribution is -0.129. The topological polar surface area (TPSA) is 58.7 Å². The molecule has 1 amide bonds. The number of likely N-dealkylation sites (N-methyl/N-ethyl adjacent to an activating group) is 1. The summed E-state index contributed by atoms with van der Waals surface area (Å²) in [6, 6.07) is 6.71. The lowest BCUT2D eigenvalue weighted by atomic mass is 9.82. The maximum Gasteiger partial charge on any atom is 0.266 e. The van der Waals surface area contributed by atoms with Crippen LogP contribution >= 0.6 is 0 Å². The minimum atomic E-state index is -1.75. The highest BCUT2D eigenvalue weighted by Gasteiger charge is 2.50. The lowest BCUT2D eigenvalue weighted by Crippen LogP contribution is -2.41. The number of hydrogen-bond acceptors (Lipinski definition) is 3. The highest BCUT2D eigenvalue weighted by Crippen LogP contribution is 2.40. The van der Waals surface area contributed by atoms with E-state index in [9.17, 15) is 18.0 Å². The van der Waals surface area contributed by atoms with Crippen LogP contribution in [0.5, 0.6) is 0 Å². The molecule has 0 aliphatic carbocycles. The van der Waals surface area contributed by atoms with E-state index in [0.29, 0.717) is 6.07 Å². The van der Waals surface area contributed by atoms with E-state index >= 15 is 0 Å². The maximum atomic E-state index is 13.7. The minimum Gasteiger partial charge on any atom is -0.369 e. The Balaban J connectivity index is 0.00000225. The van der Waals surface area contributed by atoms with Gasteiger partial charge < -0.3 is 5.73 Å². The lowest BCUT2D eigenvalue weighted by Gasteiger charge is -2.26. The molecule has 1 aliphatic heterocycles. The Kier molecular flexibility index (Phi) is 4.61. The fourth-order valence-electron chi connectivity index (χ4n) is 2.82. The van der Waals surface area contributed by atoms with Crippen LogP contribution in [0.1, 0.15) is 24.1 Å². The zero-order valence-electron chi connectivity index (χ0n) is 13.0. The Morgan fingerprint density at radius 3 is 2.12 bits per heavy atom. The van der Waals surface area contributed by atoms with Gasteiger partial charge in [0.25, 0.3) is 5.91 Å². The van der Waals surface area contributed by atoms with Crippen molar-refractivity contribution in [1.29, 1.82) is 0 Å². The number of benzene rings is 2. The summed E-state index contributed by atoms with van der Waals surface area (Å²) >= 11 is 0. The molecule has 0 fully saturated rings. The van der Waals surface area contributed by atoms with Crippen molar-refractivity contribution in [2.24, 2.45) is 10.7 Å². The van der Waals surface area contributed by atoms with Crippen LogP contribution in [0, 0.1) is 24.4 Å². The number of rotatable bonds is 2. The van der Waals surface area contributed by atoms with Crippen molar-refractivity contribution < 1.29 is 18.0 Å². The molecule has 0 bridgehead atoms. The molecule has 0 saturated carbocycles. The average molecular weight is 349 g/mol. The Bertz CT molecular complexity index is 862. The summed E-state index contributed by atoms with van der Waals surface area (Å²) in [6.07, 6.45) is 0. The number of aryl methyl sites for hydroxylation is 1. The van der Waals surface area contributed by atoms with Gasteiger partial charge in [-0.05, 0) is 47.9 Å². The van der Waals surface area contributed by atoms with Crippen LogP contribution in [-0.2, 0) is 10.3 Å². The standard InChI is InChI=1S/C17H14F3N3O.CH4/c1-9-5-10(3-4-14(9)20)17(15(24)23(2)16(21)22-17)11-6-12(18)8-13(19)7-11;/h3-8H,1-2H3,(H2,21,22);1H4. The van der Waals surface area contributed by atoms with Gasteiger partial charge in [0.05, 0.1) is 0 Å². The predicted molar refractivity (Wildman–Crippen MR) is 89.4 cm³/mol. The zero-order valence-corrected chi connectivity index (χ0v) is 13.0. The summed E-state index contributed by atoms with van der Waals surface area (Å²) < 4.78 is 41.1. The van der Waals surface area contributed by atoms with Crippen molar-refractivity contribution in [2.75, 3.05) is 7.05 Å². The molecule has 1 aliphatic rings. The second kappa shape index (κ2) is 6.23. The highest BCUT2D eigenvalue weighted by atomic mass is 19.1. The van der Waals surface area contributed by atoms with E-state index in [-0.39, 0.29) is 30.1 Å². The van der Waals surface area contributed by atoms with Crippen molar-refractivity contribution in [3.63, 3.8) is 0 Å². The van der Waals surface area contributed by atoms with Crippen LogP contribution in [0.25, 0.3) is 0 Å². The normalized spacial score (nSPS) is 19.6. The van der Waals surface area contributed by atoms with Gasteiger partial charge in [-0.1, -0.05) is 13.5 Å². The Labute approximate surface area is 143 Å². The molecule has 0 spiro atoms. The van der Waals surface area contributed by atoms with Crippen LogP contribution in [-0.4, -0.2) is 23.8 Å². The zero-order chi connectivity index (χ0) is 17.6. The van der Waals surface area contributed by atoms with Crippen LogP contribution in [0.15, 0.2) is 41.4 Å². The van der Waals surface area contributed by atoms with Crippen LogP contribution < -0.4 is 5.73 Å². The summed E-state index contributed by atoms with van der Waals surface area (Å²) in [6.45, 7) is 1.52. The fourth-order valence-corrected chi connectivity index (χ4v) is 2.82. The molecule has 0 saturated heterocycles. The van der Waals surface area contributed by atoms with Crippen molar-refractivity contribution >= 4 is 11.9 Å². The number of halogens is 3. The highest BCUT2D eigenvalue weighted by molar-refractivity contribution is 6.08. The largest absolute Gasteiger partial charge is 0.369 e. The average Bonchev–Trinajstić information content (AvgIpc) is 2.74. The van der Waals surface area contributed by atoms with E-state index in [1.807, 2.05) is 0 Å². The number of carbonyl (C=O) groups is 1. The molecule has 7 heteroatoms. The number of aliphatic imine (C=N–C) groups is 1. The number of amides is 1. The third-order valence-electron chi connectivity index (χ3n) is 4.10. The number of hydrogen-bond donors (Lipinski definition) is 1. The van der Waals surface area contributed by atoms with Crippen LogP contribution in [0.2, 0.25) is 0 Å². The third-order valence-corrected chi connectivity index (χ3v) is 4.10. The van der Waals surface area contributed by atoms with Gasteiger partial charge in [-0.25, -0.2) is 18.2 Å². The molecular formula is C18H18F3N3O. The molecule has 2 N–H and O–H groups in total. The first kappa shape index (κ1) is 18.5. The van der Waals surface area contributed by atoms with Crippen LogP contribution in [0.3, 0.4) is 0 Å². The Hall–Kier alpha value is -2.83. The van der Waals surface area contributed by atoms with Gasteiger partial charge in [-0.2, -0.15) is 0 Å². The Morgan fingerprint density at radius 1 is 1.04 bits per heavy atom. The van der Waals surface area contributed by atoms with E-state index in [2.05, 4.69) is 4.99 Å². The predicted octanol–water partition coefficient (Wildman–Crippen LogP) is 3.08. The van der Waals surface area contributed by atoms with Crippen molar-refractivity contribution in [3.05, 3.63) is 70.5 Å². The van der Waals surface area contributed by atoms with Gasteiger partial charge >= 0.3 is 0 Å².